The standard InChI is InChI=1S/C11H6F4N2S/c12-7-3-1-2-6(4-7)8-5-9(11(13,14)15)17-10(18)16-8/h1-5H,(H,16,17,18). The monoisotopic (exact) mass is 274 g/mol. The van der Waals surface area contributed by atoms with Crippen molar-refractivity contribution in [2.45, 2.75) is 6.18 Å². The van der Waals surface area contributed by atoms with Gasteiger partial charge < -0.3 is 4.98 Å². The van der Waals surface area contributed by atoms with Crippen molar-refractivity contribution in [3.8, 4) is 11.3 Å². The van der Waals surface area contributed by atoms with Crippen molar-refractivity contribution in [1.29, 1.82) is 0 Å². The lowest BCUT2D eigenvalue weighted by atomic mass is 10.1. The van der Waals surface area contributed by atoms with E-state index in [1.807, 2.05) is 4.98 Å². The maximum atomic E-state index is 13.0. The van der Waals surface area contributed by atoms with Gasteiger partial charge in [-0.05, 0) is 30.4 Å². The number of aromatic nitrogens is 2. The van der Waals surface area contributed by atoms with Gasteiger partial charge in [0.1, 0.15) is 11.5 Å². The highest BCUT2D eigenvalue weighted by Gasteiger charge is 2.32. The second-order valence-corrected chi connectivity index (χ2v) is 3.88. The van der Waals surface area contributed by atoms with Crippen molar-refractivity contribution in [2.75, 3.05) is 0 Å². The van der Waals surface area contributed by atoms with E-state index >= 15 is 0 Å². The van der Waals surface area contributed by atoms with Gasteiger partial charge in [0.25, 0.3) is 0 Å². The molecule has 0 aliphatic heterocycles. The van der Waals surface area contributed by atoms with Gasteiger partial charge in [-0.15, -0.1) is 0 Å². The van der Waals surface area contributed by atoms with Crippen LogP contribution in [-0.2, 0) is 6.18 Å². The molecular formula is C11H6F4N2S. The SMILES string of the molecule is Fc1cccc(-c2cc(C(F)(F)F)[nH]c(=S)n2)c1. The minimum absolute atomic E-state index is 0.0226. The highest BCUT2D eigenvalue weighted by molar-refractivity contribution is 7.71. The molecule has 1 aromatic heterocycles. The van der Waals surface area contributed by atoms with E-state index in [0.29, 0.717) is 0 Å². The highest BCUT2D eigenvalue weighted by Crippen LogP contribution is 2.29. The fourth-order valence-electron chi connectivity index (χ4n) is 1.41. The molecule has 0 saturated heterocycles. The van der Waals surface area contributed by atoms with E-state index in [1.165, 1.54) is 18.2 Å². The van der Waals surface area contributed by atoms with Gasteiger partial charge >= 0.3 is 6.18 Å². The minimum Gasteiger partial charge on any atom is -0.327 e. The predicted molar refractivity (Wildman–Crippen MR) is 59.8 cm³/mol. The molecular weight excluding hydrogens is 268 g/mol. The summed E-state index contributed by atoms with van der Waals surface area (Å²) in [5.74, 6) is -0.554. The van der Waals surface area contributed by atoms with Crippen LogP contribution < -0.4 is 0 Å². The van der Waals surface area contributed by atoms with Crippen molar-refractivity contribution >= 4 is 12.2 Å². The number of alkyl halides is 3. The van der Waals surface area contributed by atoms with Gasteiger partial charge in [-0.25, -0.2) is 9.37 Å². The van der Waals surface area contributed by atoms with Crippen LogP contribution in [0.4, 0.5) is 17.6 Å². The second kappa shape index (κ2) is 4.49. The van der Waals surface area contributed by atoms with Gasteiger partial charge in [0, 0.05) is 5.56 Å². The molecule has 0 aliphatic rings. The molecule has 0 aliphatic carbocycles. The van der Waals surface area contributed by atoms with E-state index in [4.69, 9.17) is 0 Å². The second-order valence-electron chi connectivity index (χ2n) is 3.49. The van der Waals surface area contributed by atoms with Gasteiger partial charge in [-0.3, -0.25) is 0 Å². The average molecular weight is 274 g/mol. The van der Waals surface area contributed by atoms with Gasteiger partial charge in [0.2, 0.25) is 0 Å². The quantitative estimate of drug-likeness (QED) is 0.629. The summed E-state index contributed by atoms with van der Waals surface area (Å²) >= 11 is 4.63. The molecule has 7 heteroatoms. The number of hydrogen-bond acceptors (Lipinski definition) is 2. The summed E-state index contributed by atoms with van der Waals surface area (Å²) in [5.41, 5.74) is -0.798. The molecule has 0 atom stereocenters. The predicted octanol–water partition coefficient (Wildman–Crippen LogP) is 3.96. The lowest BCUT2D eigenvalue weighted by Gasteiger charge is -2.08. The van der Waals surface area contributed by atoms with E-state index in [0.717, 1.165) is 12.1 Å². The van der Waals surface area contributed by atoms with Gasteiger partial charge in [-0.1, -0.05) is 12.1 Å². The minimum atomic E-state index is -4.56. The first kappa shape index (κ1) is 12.7. The summed E-state index contributed by atoms with van der Waals surface area (Å²) in [6.45, 7) is 0. The Labute approximate surface area is 104 Å². The van der Waals surface area contributed by atoms with Crippen LogP contribution in [0.5, 0.6) is 0 Å². The number of H-pyrrole nitrogens is 1. The number of halogens is 4. The third-order valence-corrected chi connectivity index (χ3v) is 2.36. The summed E-state index contributed by atoms with van der Waals surface area (Å²) < 4.78 is 50.4. The highest BCUT2D eigenvalue weighted by atomic mass is 32.1. The summed E-state index contributed by atoms with van der Waals surface area (Å²) in [6, 6.07) is 5.93. The molecule has 2 rings (SSSR count). The van der Waals surface area contributed by atoms with Crippen LogP contribution in [-0.4, -0.2) is 9.97 Å². The number of nitrogens with zero attached hydrogens (tertiary/aromatic N) is 1. The van der Waals surface area contributed by atoms with E-state index < -0.39 is 17.7 Å². The van der Waals surface area contributed by atoms with Crippen molar-refractivity contribution in [3.63, 3.8) is 0 Å². The van der Waals surface area contributed by atoms with E-state index in [1.54, 1.807) is 0 Å². The third kappa shape index (κ3) is 2.73. The fourth-order valence-corrected chi connectivity index (χ4v) is 1.61. The number of benzene rings is 1. The lowest BCUT2D eigenvalue weighted by molar-refractivity contribution is -0.141. The Morgan fingerprint density at radius 2 is 1.89 bits per heavy atom. The average Bonchev–Trinajstić information content (AvgIpc) is 2.27. The van der Waals surface area contributed by atoms with Crippen LogP contribution >= 0.6 is 12.2 Å². The molecule has 0 radical (unpaired) electrons. The Balaban J connectivity index is 2.59. The summed E-state index contributed by atoms with van der Waals surface area (Å²) in [6.07, 6.45) is -4.56. The fraction of sp³-hybridized carbons (Fsp3) is 0.0909. The molecule has 1 N–H and O–H groups in total. The van der Waals surface area contributed by atoms with Crippen LogP contribution in [0.25, 0.3) is 11.3 Å². The summed E-state index contributed by atoms with van der Waals surface area (Å²) in [5, 5.41) is 0. The number of rotatable bonds is 1. The molecule has 2 aromatic rings. The number of nitrogens with one attached hydrogen (secondary N) is 1. The molecule has 0 saturated carbocycles. The first-order valence-corrected chi connectivity index (χ1v) is 5.21. The van der Waals surface area contributed by atoms with Gasteiger partial charge in [0.05, 0.1) is 5.69 Å². The zero-order valence-corrected chi connectivity index (χ0v) is 9.57. The zero-order valence-electron chi connectivity index (χ0n) is 8.75. The smallest absolute Gasteiger partial charge is 0.327 e. The van der Waals surface area contributed by atoms with Gasteiger partial charge in [0.15, 0.2) is 4.77 Å². The Bertz CT molecular complexity index is 633. The molecule has 94 valence electrons. The maximum Gasteiger partial charge on any atom is 0.431 e. The normalized spacial score (nSPS) is 11.6. The topological polar surface area (TPSA) is 28.7 Å². The molecule has 0 amide bonds. The molecule has 0 fully saturated rings. The van der Waals surface area contributed by atoms with Crippen LogP contribution in [0, 0.1) is 10.6 Å². The Morgan fingerprint density at radius 3 is 2.50 bits per heavy atom. The Morgan fingerprint density at radius 1 is 1.17 bits per heavy atom. The van der Waals surface area contributed by atoms with Crippen LogP contribution in [0.3, 0.4) is 0 Å². The summed E-state index contributed by atoms with van der Waals surface area (Å²) in [4.78, 5) is 5.71. The van der Waals surface area contributed by atoms with E-state index in [2.05, 4.69) is 17.2 Å². The lowest BCUT2D eigenvalue weighted by Crippen LogP contribution is -2.09. The van der Waals surface area contributed by atoms with Gasteiger partial charge in [-0.2, -0.15) is 13.2 Å². The van der Waals surface area contributed by atoms with Crippen molar-refractivity contribution < 1.29 is 17.6 Å². The Hall–Kier alpha value is -1.76. The molecule has 0 bridgehead atoms. The Kier molecular flexibility index (Phi) is 3.16. The van der Waals surface area contributed by atoms with Crippen LogP contribution in [0.1, 0.15) is 5.69 Å². The van der Waals surface area contributed by atoms with Crippen molar-refractivity contribution in [2.24, 2.45) is 0 Å². The van der Waals surface area contributed by atoms with Crippen LogP contribution in [0.2, 0.25) is 0 Å². The van der Waals surface area contributed by atoms with Crippen molar-refractivity contribution in [3.05, 3.63) is 46.6 Å². The molecule has 0 unspecified atom stereocenters. The molecule has 18 heavy (non-hydrogen) atoms. The number of hydrogen-bond donors (Lipinski definition) is 1. The van der Waals surface area contributed by atoms with E-state index in [-0.39, 0.29) is 16.0 Å². The zero-order chi connectivity index (χ0) is 13.3. The third-order valence-electron chi connectivity index (χ3n) is 2.17. The maximum absolute atomic E-state index is 13.0. The molecule has 1 heterocycles. The first-order valence-electron chi connectivity index (χ1n) is 4.81. The molecule has 0 spiro atoms. The number of aromatic amines is 1. The summed E-state index contributed by atoms with van der Waals surface area (Å²) in [7, 11) is 0. The van der Waals surface area contributed by atoms with Crippen LogP contribution in [0.15, 0.2) is 30.3 Å². The first-order chi connectivity index (χ1) is 8.36. The van der Waals surface area contributed by atoms with Crippen molar-refractivity contribution in [1.82, 2.24) is 9.97 Å². The largest absolute Gasteiger partial charge is 0.431 e. The van der Waals surface area contributed by atoms with E-state index in [9.17, 15) is 17.6 Å². The molecule has 2 nitrogen and oxygen atoms in total. The molecule has 1 aromatic carbocycles.